The van der Waals surface area contributed by atoms with E-state index in [9.17, 15) is 0 Å². The minimum atomic E-state index is 0.785. The van der Waals surface area contributed by atoms with Crippen LogP contribution < -0.4 is 0 Å². The van der Waals surface area contributed by atoms with Crippen LogP contribution in [-0.4, -0.2) is 23.5 Å². The van der Waals surface area contributed by atoms with Crippen LogP contribution in [0, 0.1) is 0 Å². The molecule has 1 rings (SSSR count). The van der Waals surface area contributed by atoms with Crippen molar-refractivity contribution < 1.29 is 0 Å². The lowest BCUT2D eigenvalue weighted by molar-refractivity contribution is 0.116. The fourth-order valence-electron chi connectivity index (χ4n) is 2.58. The first kappa shape index (κ1) is 11.0. The van der Waals surface area contributed by atoms with Gasteiger partial charge in [0.05, 0.1) is 0 Å². The van der Waals surface area contributed by atoms with E-state index in [2.05, 4.69) is 25.7 Å². The molecule has 1 aliphatic rings. The fourth-order valence-corrected chi connectivity index (χ4v) is 2.58. The summed E-state index contributed by atoms with van der Waals surface area (Å²) in [5.41, 5.74) is 0. The Hall–Kier alpha value is -0.0400. The number of nitrogens with zero attached hydrogens (tertiary/aromatic N) is 1. The van der Waals surface area contributed by atoms with E-state index in [1.807, 2.05) is 0 Å². The van der Waals surface area contributed by atoms with Crippen LogP contribution in [0.2, 0.25) is 0 Å². The van der Waals surface area contributed by atoms with Crippen molar-refractivity contribution in [3.05, 3.63) is 0 Å². The molecule has 0 saturated heterocycles. The highest BCUT2D eigenvalue weighted by atomic mass is 15.2. The Morgan fingerprint density at radius 3 is 2.23 bits per heavy atom. The molecule has 1 atom stereocenters. The zero-order chi connectivity index (χ0) is 9.68. The van der Waals surface area contributed by atoms with Crippen LogP contribution in [0.5, 0.6) is 0 Å². The number of hydrogen-bond acceptors (Lipinski definition) is 1. The van der Waals surface area contributed by atoms with Crippen LogP contribution >= 0.6 is 0 Å². The number of rotatable bonds is 4. The molecular formula is C12H25N. The lowest BCUT2D eigenvalue weighted by Gasteiger charge is -2.37. The van der Waals surface area contributed by atoms with E-state index < -0.39 is 0 Å². The van der Waals surface area contributed by atoms with Crippen LogP contribution in [0.15, 0.2) is 0 Å². The van der Waals surface area contributed by atoms with Crippen molar-refractivity contribution in [2.75, 3.05) is 6.54 Å². The zero-order valence-corrected chi connectivity index (χ0v) is 9.55. The van der Waals surface area contributed by atoms with Gasteiger partial charge in [-0.05, 0) is 32.7 Å². The van der Waals surface area contributed by atoms with E-state index in [0.29, 0.717) is 0 Å². The predicted octanol–water partition coefficient (Wildman–Crippen LogP) is 3.44. The average Bonchev–Trinajstić information content (AvgIpc) is 2.20. The summed E-state index contributed by atoms with van der Waals surface area (Å²) in [5.74, 6) is 0. The summed E-state index contributed by atoms with van der Waals surface area (Å²) >= 11 is 0. The molecule has 0 radical (unpaired) electrons. The topological polar surface area (TPSA) is 3.24 Å². The lowest BCUT2D eigenvalue weighted by Crippen LogP contribution is -2.42. The smallest absolute Gasteiger partial charge is 0.00979 e. The third-order valence-electron chi connectivity index (χ3n) is 3.57. The summed E-state index contributed by atoms with van der Waals surface area (Å²) < 4.78 is 0. The zero-order valence-electron chi connectivity index (χ0n) is 9.55. The highest BCUT2D eigenvalue weighted by molar-refractivity contribution is 4.78. The van der Waals surface area contributed by atoms with Crippen molar-refractivity contribution in [2.24, 2.45) is 0 Å². The standard InChI is InChI=1S/C12H25N/c1-4-11(3)13(5-2)12-9-7-6-8-10-12/h11-12H,4-10H2,1-3H3/t11-/m1/s1. The Balaban J connectivity index is 2.43. The number of hydrogen-bond donors (Lipinski definition) is 0. The van der Waals surface area contributed by atoms with Crippen LogP contribution in [0.25, 0.3) is 0 Å². The minimum absolute atomic E-state index is 0.785. The molecule has 78 valence electrons. The molecule has 1 aliphatic carbocycles. The van der Waals surface area contributed by atoms with Crippen LogP contribution in [0.3, 0.4) is 0 Å². The van der Waals surface area contributed by atoms with Gasteiger partial charge in [-0.15, -0.1) is 0 Å². The van der Waals surface area contributed by atoms with Crippen molar-refractivity contribution in [1.82, 2.24) is 4.90 Å². The van der Waals surface area contributed by atoms with Crippen molar-refractivity contribution in [1.29, 1.82) is 0 Å². The van der Waals surface area contributed by atoms with Crippen LogP contribution in [-0.2, 0) is 0 Å². The van der Waals surface area contributed by atoms with Gasteiger partial charge in [-0.1, -0.05) is 33.1 Å². The summed E-state index contributed by atoms with van der Waals surface area (Å²) in [6.07, 6.45) is 8.56. The quantitative estimate of drug-likeness (QED) is 0.645. The van der Waals surface area contributed by atoms with E-state index >= 15 is 0 Å². The van der Waals surface area contributed by atoms with Gasteiger partial charge >= 0.3 is 0 Å². The lowest BCUT2D eigenvalue weighted by atomic mass is 9.93. The third kappa shape index (κ3) is 2.98. The molecule has 0 N–H and O–H groups in total. The molecule has 0 aliphatic heterocycles. The Labute approximate surface area is 83.5 Å². The average molecular weight is 183 g/mol. The first-order valence-electron chi connectivity index (χ1n) is 6.05. The van der Waals surface area contributed by atoms with E-state index in [0.717, 1.165) is 12.1 Å². The summed E-state index contributed by atoms with van der Waals surface area (Å²) in [6.45, 7) is 8.22. The Bertz CT molecular complexity index is 127. The molecule has 0 aromatic heterocycles. The first-order chi connectivity index (χ1) is 6.29. The van der Waals surface area contributed by atoms with Gasteiger partial charge in [-0.3, -0.25) is 4.90 Å². The van der Waals surface area contributed by atoms with Gasteiger partial charge in [0.2, 0.25) is 0 Å². The molecule has 0 heterocycles. The molecular weight excluding hydrogens is 158 g/mol. The third-order valence-corrected chi connectivity index (χ3v) is 3.57. The minimum Gasteiger partial charge on any atom is -0.298 e. The largest absolute Gasteiger partial charge is 0.298 e. The van der Waals surface area contributed by atoms with Crippen molar-refractivity contribution in [3.8, 4) is 0 Å². The molecule has 0 aromatic rings. The van der Waals surface area contributed by atoms with Gasteiger partial charge < -0.3 is 0 Å². The van der Waals surface area contributed by atoms with Crippen molar-refractivity contribution in [2.45, 2.75) is 71.4 Å². The summed E-state index contributed by atoms with van der Waals surface area (Å²) in [4.78, 5) is 2.71. The molecule has 1 nitrogen and oxygen atoms in total. The Kier molecular flexibility index (Phi) is 4.79. The summed E-state index contributed by atoms with van der Waals surface area (Å²) in [5, 5.41) is 0. The molecule has 0 aromatic carbocycles. The van der Waals surface area contributed by atoms with Crippen molar-refractivity contribution >= 4 is 0 Å². The van der Waals surface area contributed by atoms with Crippen LogP contribution in [0.1, 0.15) is 59.3 Å². The maximum atomic E-state index is 2.71. The van der Waals surface area contributed by atoms with E-state index in [1.165, 1.54) is 45.1 Å². The highest BCUT2D eigenvalue weighted by Crippen LogP contribution is 2.24. The molecule has 0 amide bonds. The van der Waals surface area contributed by atoms with Crippen LogP contribution in [0.4, 0.5) is 0 Å². The molecule has 1 heteroatoms. The summed E-state index contributed by atoms with van der Waals surface area (Å²) in [6, 6.07) is 1.68. The monoisotopic (exact) mass is 183 g/mol. The van der Waals surface area contributed by atoms with Gasteiger partial charge in [-0.25, -0.2) is 0 Å². The second-order valence-corrected chi connectivity index (χ2v) is 4.38. The maximum Gasteiger partial charge on any atom is 0.00979 e. The first-order valence-corrected chi connectivity index (χ1v) is 6.05. The Morgan fingerprint density at radius 1 is 1.15 bits per heavy atom. The maximum absolute atomic E-state index is 2.71. The molecule has 0 unspecified atom stereocenters. The van der Waals surface area contributed by atoms with E-state index in [4.69, 9.17) is 0 Å². The second-order valence-electron chi connectivity index (χ2n) is 4.38. The van der Waals surface area contributed by atoms with Gasteiger partial charge in [0.1, 0.15) is 0 Å². The Morgan fingerprint density at radius 2 is 1.77 bits per heavy atom. The molecule has 13 heavy (non-hydrogen) atoms. The predicted molar refractivity (Wildman–Crippen MR) is 59.0 cm³/mol. The second kappa shape index (κ2) is 5.64. The highest BCUT2D eigenvalue weighted by Gasteiger charge is 2.22. The van der Waals surface area contributed by atoms with Crippen molar-refractivity contribution in [3.63, 3.8) is 0 Å². The normalized spacial score (nSPS) is 22.2. The van der Waals surface area contributed by atoms with Gasteiger partial charge in [-0.2, -0.15) is 0 Å². The molecule has 0 spiro atoms. The SMILES string of the molecule is CC[C@@H](C)N(CC)C1CCCCC1. The van der Waals surface area contributed by atoms with E-state index in [-0.39, 0.29) is 0 Å². The van der Waals surface area contributed by atoms with Gasteiger partial charge in [0.15, 0.2) is 0 Å². The van der Waals surface area contributed by atoms with Gasteiger partial charge in [0.25, 0.3) is 0 Å². The van der Waals surface area contributed by atoms with Gasteiger partial charge in [0, 0.05) is 12.1 Å². The fraction of sp³-hybridized carbons (Fsp3) is 1.00. The molecule has 1 saturated carbocycles. The van der Waals surface area contributed by atoms with E-state index in [1.54, 1.807) is 0 Å². The molecule has 1 fully saturated rings. The molecule has 0 bridgehead atoms. The summed E-state index contributed by atoms with van der Waals surface area (Å²) in [7, 11) is 0.